The molecule has 1 aromatic rings. The molecule has 0 heterocycles. The zero-order chi connectivity index (χ0) is 11.3. The van der Waals surface area contributed by atoms with Crippen LogP contribution >= 0.6 is 0 Å². The molecule has 0 aromatic heterocycles. The lowest BCUT2D eigenvalue weighted by molar-refractivity contribution is 0.304. The molecule has 0 saturated carbocycles. The van der Waals surface area contributed by atoms with Gasteiger partial charge >= 0.3 is 0 Å². The van der Waals surface area contributed by atoms with Crippen molar-refractivity contribution in [3.63, 3.8) is 0 Å². The SMILES string of the molecule is C=C(C)CN(CC)Cc1ccc(F)cc1. The van der Waals surface area contributed by atoms with E-state index < -0.39 is 0 Å². The van der Waals surface area contributed by atoms with Crippen molar-refractivity contribution in [2.75, 3.05) is 13.1 Å². The van der Waals surface area contributed by atoms with Crippen molar-refractivity contribution in [2.24, 2.45) is 0 Å². The van der Waals surface area contributed by atoms with Crippen molar-refractivity contribution in [3.05, 3.63) is 47.8 Å². The molecule has 15 heavy (non-hydrogen) atoms. The van der Waals surface area contributed by atoms with Gasteiger partial charge in [0.25, 0.3) is 0 Å². The van der Waals surface area contributed by atoms with Crippen LogP contribution in [0.3, 0.4) is 0 Å². The van der Waals surface area contributed by atoms with Crippen LogP contribution in [0.5, 0.6) is 0 Å². The van der Waals surface area contributed by atoms with E-state index in [-0.39, 0.29) is 5.82 Å². The van der Waals surface area contributed by atoms with E-state index in [4.69, 9.17) is 0 Å². The maximum absolute atomic E-state index is 12.7. The highest BCUT2D eigenvalue weighted by molar-refractivity contribution is 5.16. The summed E-state index contributed by atoms with van der Waals surface area (Å²) in [4.78, 5) is 2.27. The Morgan fingerprint density at radius 1 is 1.33 bits per heavy atom. The van der Waals surface area contributed by atoms with Crippen molar-refractivity contribution in [1.29, 1.82) is 0 Å². The molecule has 0 spiro atoms. The van der Waals surface area contributed by atoms with Crippen LogP contribution in [0.1, 0.15) is 19.4 Å². The first-order valence-corrected chi connectivity index (χ1v) is 5.23. The van der Waals surface area contributed by atoms with Gasteiger partial charge in [0.05, 0.1) is 0 Å². The lowest BCUT2D eigenvalue weighted by atomic mass is 10.2. The number of hydrogen-bond donors (Lipinski definition) is 0. The quantitative estimate of drug-likeness (QED) is 0.670. The van der Waals surface area contributed by atoms with Gasteiger partial charge in [-0.1, -0.05) is 31.2 Å². The summed E-state index contributed by atoms with van der Waals surface area (Å²) in [7, 11) is 0. The number of benzene rings is 1. The highest BCUT2D eigenvalue weighted by Gasteiger charge is 2.03. The van der Waals surface area contributed by atoms with Crippen molar-refractivity contribution in [2.45, 2.75) is 20.4 Å². The van der Waals surface area contributed by atoms with Gasteiger partial charge in [-0.05, 0) is 31.2 Å². The Morgan fingerprint density at radius 2 is 1.93 bits per heavy atom. The summed E-state index contributed by atoms with van der Waals surface area (Å²) in [6.07, 6.45) is 0. The Labute approximate surface area is 91.2 Å². The lowest BCUT2D eigenvalue weighted by Crippen LogP contribution is -2.24. The minimum absolute atomic E-state index is 0.179. The number of hydrogen-bond acceptors (Lipinski definition) is 1. The average Bonchev–Trinajstić information content (AvgIpc) is 2.19. The maximum atomic E-state index is 12.7. The maximum Gasteiger partial charge on any atom is 0.123 e. The molecule has 0 aliphatic carbocycles. The van der Waals surface area contributed by atoms with E-state index in [0.29, 0.717) is 0 Å². The summed E-state index contributed by atoms with van der Waals surface area (Å²) in [5.41, 5.74) is 2.29. The van der Waals surface area contributed by atoms with Crippen LogP contribution in [-0.4, -0.2) is 18.0 Å². The molecular weight excluding hydrogens is 189 g/mol. The van der Waals surface area contributed by atoms with Gasteiger partial charge in [-0.15, -0.1) is 0 Å². The molecule has 1 nitrogen and oxygen atoms in total. The van der Waals surface area contributed by atoms with E-state index in [1.54, 1.807) is 0 Å². The molecule has 0 N–H and O–H groups in total. The van der Waals surface area contributed by atoms with Crippen molar-refractivity contribution >= 4 is 0 Å². The molecule has 0 aliphatic heterocycles. The third kappa shape index (κ3) is 4.26. The molecule has 1 aromatic carbocycles. The zero-order valence-corrected chi connectivity index (χ0v) is 9.46. The van der Waals surface area contributed by atoms with Gasteiger partial charge in [-0.2, -0.15) is 0 Å². The van der Waals surface area contributed by atoms with Crippen molar-refractivity contribution in [1.82, 2.24) is 4.90 Å². The lowest BCUT2D eigenvalue weighted by Gasteiger charge is -2.20. The smallest absolute Gasteiger partial charge is 0.123 e. The van der Waals surface area contributed by atoms with Crippen LogP contribution in [0.15, 0.2) is 36.4 Å². The van der Waals surface area contributed by atoms with Gasteiger partial charge in [0.15, 0.2) is 0 Å². The molecule has 0 aliphatic rings. The average molecular weight is 207 g/mol. The van der Waals surface area contributed by atoms with Crippen molar-refractivity contribution < 1.29 is 4.39 Å². The molecule has 0 bridgehead atoms. The summed E-state index contributed by atoms with van der Waals surface area (Å²) in [5.74, 6) is -0.179. The fourth-order valence-corrected chi connectivity index (χ4v) is 1.51. The second-order valence-electron chi connectivity index (χ2n) is 3.89. The molecule has 0 unspecified atom stereocenters. The summed E-state index contributed by atoms with van der Waals surface area (Å²) >= 11 is 0. The second-order valence-corrected chi connectivity index (χ2v) is 3.89. The number of rotatable bonds is 5. The third-order valence-corrected chi connectivity index (χ3v) is 2.26. The first kappa shape index (κ1) is 11.9. The van der Waals surface area contributed by atoms with E-state index in [1.165, 1.54) is 12.1 Å². The topological polar surface area (TPSA) is 3.24 Å². The Kier molecular flexibility index (Phi) is 4.50. The standard InChI is InChI=1S/C13H18FN/c1-4-15(9-11(2)3)10-12-5-7-13(14)8-6-12/h5-8H,2,4,9-10H2,1,3H3. The molecule has 0 amide bonds. The van der Waals surface area contributed by atoms with E-state index >= 15 is 0 Å². The highest BCUT2D eigenvalue weighted by atomic mass is 19.1. The Hall–Kier alpha value is -1.15. The van der Waals surface area contributed by atoms with Gasteiger partial charge in [0, 0.05) is 13.1 Å². The summed E-state index contributed by atoms with van der Waals surface area (Å²) < 4.78 is 12.7. The number of likely N-dealkylation sites (N-methyl/N-ethyl adjacent to an activating group) is 1. The fraction of sp³-hybridized carbons (Fsp3) is 0.385. The molecule has 0 atom stereocenters. The summed E-state index contributed by atoms with van der Waals surface area (Å²) in [6.45, 7) is 10.8. The third-order valence-electron chi connectivity index (χ3n) is 2.26. The molecular formula is C13H18FN. The van der Waals surface area contributed by atoms with E-state index in [2.05, 4.69) is 18.4 Å². The minimum Gasteiger partial charge on any atom is -0.295 e. The molecule has 0 saturated heterocycles. The van der Waals surface area contributed by atoms with Crippen LogP contribution in [-0.2, 0) is 6.54 Å². The van der Waals surface area contributed by atoms with Crippen LogP contribution in [0, 0.1) is 5.82 Å². The number of nitrogens with zero attached hydrogens (tertiary/aromatic N) is 1. The van der Waals surface area contributed by atoms with E-state index in [0.717, 1.165) is 30.8 Å². The molecule has 0 fully saturated rings. The molecule has 1 rings (SSSR count). The van der Waals surface area contributed by atoms with Gasteiger partial charge < -0.3 is 0 Å². The molecule has 2 heteroatoms. The van der Waals surface area contributed by atoms with Crippen LogP contribution in [0.4, 0.5) is 4.39 Å². The first-order chi connectivity index (χ1) is 7.11. The first-order valence-electron chi connectivity index (χ1n) is 5.23. The van der Waals surface area contributed by atoms with Gasteiger partial charge in [0.1, 0.15) is 5.82 Å². The largest absolute Gasteiger partial charge is 0.295 e. The Balaban J connectivity index is 2.58. The monoisotopic (exact) mass is 207 g/mol. The summed E-state index contributed by atoms with van der Waals surface area (Å²) in [6, 6.07) is 6.67. The van der Waals surface area contributed by atoms with E-state index in [1.807, 2.05) is 19.1 Å². The normalized spacial score (nSPS) is 10.7. The van der Waals surface area contributed by atoms with Crippen LogP contribution in [0.25, 0.3) is 0 Å². The number of halogens is 1. The van der Waals surface area contributed by atoms with Gasteiger partial charge in [-0.3, -0.25) is 4.90 Å². The molecule has 82 valence electrons. The predicted octanol–water partition coefficient (Wildman–Crippen LogP) is 3.22. The second kappa shape index (κ2) is 5.66. The van der Waals surface area contributed by atoms with Gasteiger partial charge in [0.2, 0.25) is 0 Å². The molecule has 0 radical (unpaired) electrons. The van der Waals surface area contributed by atoms with Crippen molar-refractivity contribution in [3.8, 4) is 0 Å². The van der Waals surface area contributed by atoms with E-state index in [9.17, 15) is 4.39 Å². The predicted molar refractivity (Wildman–Crippen MR) is 62.2 cm³/mol. The fourth-order valence-electron chi connectivity index (χ4n) is 1.51. The van der Waals surface area contributed by atoms with Crippen LogP contribution < -0.4 is 0 Å². The minimum atomic E-state index is -0.179. The van der Waals surface area contributed by atoms with Gasteiger partial charge in [-0.25, -0.2) is 4.39 Å². The Bertz CT molecular complexity index is 316. The summed E-state index contributed by atoms with van der Waals surface area (Å²) in [5, 5.41) is 0. The Morgan fingerprint density at radius 3 is 2.40 bits per heavy atom. The van der Waals surface area contributed by atoms with Crippen LogP contribution in [0.2, 0.25) is 0 Å². The highest BCUT2D eigenvalue weighted by Crippen LogP contribution is 2.07. The zero-order valence-electron chi connectivity index (χ0n) is 9.46.